The van der Waals surface area contributed by atoms with Gasteiger partial charge in [-0.15, -0.1) is 23.1 Å². The molecule has 29 heavy (non-hydrogen) atoms. The third-order valence-electron chi connectivity index (χ3n) is 4.36. The molecule has 0 unspecified atom stereocenters. The van der Waals surface area contributed by atoms with Crippen molar-refractivity contribution in [2.75, 3.05) is 39.0 Å². The summed E-state index contributed by atoms with van der Waals surface area (Å²) in [6.45, 7) is 1.08. The topological polar surface area (TPSA) is 84.0 Å². The molecule has 7 nitrogen and oxygen atoms in total. The number of hydrogen-bond donors (Lipinski definition) is 0. The minimum Gasteiger partial charge on any atom is -0.465 e. The predicted octanol–water partition coefficient (Wildman–Crippen LogP) is 2.81. The predicted molar refractivity (Wildman–Crippen MR) is 113 cm³/mol. The Morgan fingerprint density at radius 2 is 1.83 bits per heavy atom. The molecule has 1 fully saturated rings. The number of ether oxygens (including phenoxy) is 1. The molecule has 3 rings (SSSR count). The summed E-state index contributed by atoms with van der Waals surface area (Å²) in [5.41, 5.74) is 0.212. The van der Waals surface area contributed by atoms with E-state index in [1.54, 1.807) is 17.0 Å². The smallest absolute Gasteiger partial charge is 0.338 e. The highest BCUT2D eigenvalue weighted by atomic mass is 35.5. The molecular weight excluding hydrogens is 456 g/mol. The number of methoxy groups -OCH3 is 1. The second-order valence-electron chi connectivity index (χ2n) is 6.17. The molecule has 1 aromatic heterocycles. The number of hydrogen-bond acceptors (Lipinski definition) is 7. The first-order valence-electron chi connectivity index (χ1n) is 8.64. The van der Waals surface area contributed by atoms with Crippen molar-refractivity contribution < 1.29 is 22.7 Å². The summed E-state index contributed by atoms with van der Waals surface area (Å²) in [6.07, 6.45) is 0. The highest BCUT2D eigenvalue weighted by Crippen LogP contribution is 2.26. The van der Waals surface area contributed by atoms with Crippen molar-refractivity contribution in [2.24, 2.45) is 0 Å². The quantitative estimate of drug-likeness (QED) is 0.473. The fraction of sp³-hybridized carbons (Fsp3) is 0.333. The van der Waals surface area contributed by atoms with Gasteiger partial charge in [0.25, 0.3) is 10.0 Å². The zero-order valence-electron chi connectivity index (χ0n) is 15.5. The maximum absolute atomic E-state index is 12.8. The number of rotatable bonds is 6. The van der Waals surface area contributed by atoms with E-state index in [1.807, 2.05) is 12.1 Å². The number of piperazine rings is 1. The second kappa shape index (κ2) is 9.48. The summed E-state index contributed by atoms with van der Waals surface area (Å²) in [4.78, 5) is 26.6. The van der Waals surface area contributed by atoms with Crippen molar-refractivity contribution in [3.8, 4) is 0 Å². The Morgan fingerprint density at radius 3 is 2.45 bits per heavy atom. The molecule has 156 valence electrons. The van der Waals surface area contributed by atoms with Crippen LogP contribution in [0.5, 0.6) is 0 Å². The van der Waals surface area contributed by atoms with E-state index in [9.17, 15) is 18.0 Å². The van der Waals surface area contributed by atoms with Gasteiger partial charge in [0.2, 0.25) is 5.91 Å². The Labute approximate surface area is 182 Å². The number of nitrogens with zero attached hydrogens (tertiary/aromatic N) is 2. The van der Waals surface area contributed by atoms with Gasteiger partial charge in [0.05, 0.1) is 18.4 Å². The Balaban J connectivity index is 1.55. The third-order valence-corrected chi connectivity index (χ3v) is 8.92. The van der Waals surface area contributed by atoms with E-state index < -0.39 is 16.0 Å². The standard InChI is InChI=1S/C18H19ClN2O5S3/c1-26-18(23)13-10-17(28-11-13)29(24,25)21-8-6-20(7-9-21)16(22)12-27-15-4-2-14(19)3-5-15/h2-5,10-11H,6-9,12H2,1H3. The van der Waals surface area contributed by atoms with Gasteiger partial charge in [0.15, 0.2) is 0 Å². The first-order chi connectivity index (χ1) is 13.8. The molecule has 0 atom stereocenters. The molecule has 0 saturated carbocycles. The number of esters is 1. The summed E-state index contributed by atoms with van der Waals surface area (Å²) in [6, 6.07) is 8.58. The minimum absolute atomic E-state index is 0.0360. The molecule has 0 radical (unpaired) electrons. The van der Waals surface area contributed by atoms with Crippen LogP contribution >= 0.6 is 34.7 Å². The van der Waals surface area contributed by atoms with E-state index in [1.165, 1.54) is 34.6 Å². The first kappa shape index (κ1) is 22.1. The second-order valence-corrected chi connectivity index (χ2v) is 10.7. The van der Waals surface area contributed by atoms with Gasteiger partial charge >= 0.3 is 5.97 Å². The lowest BCUT2D eigenvalue weighted by atomic mass is 10.3. The molecule has 0 spiro atoms. The fourth-order valence-electron chi connectivity index (χ4n) is 2.75. The van der Waals surface area contributed by atoms with Crippen molar-refractivity contribution in [3.63, 3.8) is 0 Å². The van der Waals surface area contributed by atoms with Gasteiger partial charge in [0.1, 0.15) is 4.21 Å². The summed E-state index contributed by atoms with van der Waals surface area (Å²) in [5.74, 6) is -0.329. The van der Waals surface area contributed by atoms with E-state index in [-0.39, 0.29) is 34.5 Å². The third kappa shape index (κ3) is 5.32. The van der Waals surface area contributed by atoms with Crippen molar-refractivity contribution in [1.82, 2.24) is 9.21 Å². The number of carbonyl (C=O) groups excluding carboxylic acids is 2. The molecule has 2 aromatic rings. The molecule has 1 aliphatic heterocycles. The summed E-state index contributed by atoms with van der Waals surface area (Å²) >= 11 is 8.26. The fourth-order valence-corrected chi connectivity index (χ4v) is 6.40. The minimum atomic E-state index is -3.70. The number of sulfonamides is 1. The largest absolute Gasteiger partial charge is 0.465 e. The lowest BCUT2D eigenvalue weighted by Gasteiger charge is -2.33. The van der Waals surface area contributed by atoms with Crippen molar-refractivity contribution >= 4 is 56.6 Å². The first-order valence-corrected chi connectivity index (χ1v) is 12.3. The molecule has 0 N–H and O–H groups in total. The molecule has 2 heterocycles. The number of amides is 1. The molecule has 11 heteroatoms. The zero-order valence-corrected chi connectivity index (χ0v) is 18.7. The van der Waals surface area contributed by atoms with Gasteiger partial charge in [-0.1, -0.05) is 11.6 Å². The maximum Gasteiger partial charge on any atom is 0.338 e. The van der Waals surface area contributed by atoms with Gasteiger partial charge in [-0.25, -0.2) is 13.2 Å². The average molecular weight is 475 g/mol. The lowest BCUT2D eigenvalue weighted by Crippen LogP contribution is -2.50. The van der Waals surface area contributed by atoms with Crippen LogP contribution in [0.2, 0.25) is 5.02 Å². The molecule has 1 aliphatic rings. The molecule has 1 aromatic carbocycles. The lowest BCUT2D eigenvalue weighted by molar-refractivity contribution is -0.129. The van der Waals surface area contributed by atoms with Crippen molar-refractivity contribution in [3.05, 3.63) is 46.3 Å². The monoisotopic (exact) mass is 474 g/mol. The van der Waals surface area contributed by atoms with E-state index in [4.69, 9.17) is 11.6 Å². The van der Waals surface area contributed by atoms with Crippen LogP contribution in [0.3, 0.4) is 0 Å². The number of thioether (sulfide) groups is 1. The number of benzene rings is 1. The zero-order chi connectivity index (χ0) is 21.0. The van der Waals surface area contributed by atoms with E-state index in [2.05, 4.69) is 4.74 Å². The molecule has 1 saturated heterocycles. The normalized spacial score (nSPS) is 15.3. The highest BCUT2D eigenvalue weighted by molar-refractivity contribution is 8.00. The Kier molecular flexibility index (Phi) is 7.23. The summed E-state index contributed by atoms with van der Waals surface area (Å²) in [7, 11) is -2.46. The number of halogens is 1. The van der Waals surface area contributed by atoms with Crippen LogP contribution in [-0.2, 0) is 19.6 Å². The van der Waals surface area contributed by atoms with Gasteiger partial charge in [-0.3, -0.25) is 4.79 Å². The van der Waals surface area contributed by atoms with Crippen LogP contribution in [0.1, 0.15) is 10.4 Å². The molecule has 0 aliphatic carbocycles. The SMILES string of the molecule is COC(=O)c1csc(S(=O)(=O)N2CCN(C(=O)CSc3ccc(Cl)cc3)CC2)c1. The van der Waals surface area contributed by atoms with Crippen LogP contribution in [0, 0.1) is 0 Å². The average Bonchev–Trinajstić information content (AvgIpc) is 3.24. The summed E-state index contributed by atoms with van der Waals surface area (Å²) in [5, 5.41) is 2.11. The van der Waals surface area contributed by atoms with Crippen LogP contribution < -0.4 is 0 Å². The highest BCUT2D eigenvalue weighted by Gasteiger charge is 2.31. The molecule has 1 amide bonds. The Morgan fingerprint density at radius 1 is 1.17 bits per heavy atom. The van der Waals surface area contributed by atoms with Gasteiger partial charge in [-0.2, -0.15) is 4.31 Å². The van der Waals surface area contributed by atoms with E-state index >= 15 is 0 Å². The van der Waals surface area contributed by atoms with Crippen LogP contribution in [0.25, 0.3) is 0 Å². The van der Waals surface area contributed by atoms with Gasteiger partial charge < -0.3 is 9.64 Å². The van der Waals surface area contributed by atoms with E-state index in [0.29, 0.717) is 18.1 Å². The molecular formula is C18H19ClN2O5S3. The van der Waals surface area contributed by atoms with Crippen molar-refractivity contribution in [1.29, 1.82) is 0 Å². The maximum atomic E-state index is 12.8. The Hall–Kier alpha value is -1.59. The van der Waals surface area contributed by atoms with Crippen molar-refractivity contribution in [2.45, 2.75) is 9.10 Å². The van der Waals surface area contributed by atoms with Crippen LogP contribution in [0.15, 0.2) is 44.8 Å². The Bertz CT molecular complexity index is 983. The van der Waals surface area contributed by atoms with Gasteiger partial charge in [0, 0.05) is 41.5 Å². The summed E-state index contributed by atoms with van der Waals surface area (Å²) < 4.78 is 31.6. The van der Waals surface area contributed by atoms with Gasteiger partial charge in [-0.05, 0) is 30.3 Å². The number of thiophene rings is 1. The number of carbonyl (C=O) groups is 2. The van der Waals surface area contributed by atoms with E-state index in [0.717, 1.165) is 16.2 Å². The van der Waals surface area contributed by atoms with Crippen LogP contribution in [-0.4, -0.2) is 68.5 Å². The van der Waals surface area contributed by atoms with Crippen LogP contribution in [0.4, 0.5) is 0 Å². The molecule has 0 bridgehead atoms.